The van der Waals surface area contributed by atoms with Gasteiger partial charge in [0.05, 0.1) is 25.3 Å². The van der Waals surface area contributed by atoms with Gasteiger partial charge < -0.3 is 24.3 Å². The van der Waals surface area contributed by atoms with Crippen LogP contribution in [0.3, 0.4) is 0 Å². The second-order valence-electron chi connectivity index (χ2n) is 7.03. The summed E-state index contributed by atoms with van der Waals surface area (Å²) in [5.41, 5.74) is 3.31. The summed E-state index contributed by atoms with van der Waals surface area (Å²) in [5.74, 6) is 2.89. The summed E-state index contributed by atoms with van der Waals surface area (Å²) in [6.07, 6.45) is 3.73. The Bertz CT molecular complexity index is 747. The highest BCUT2D eigenvalue weighted by Crippen LogP contribution is 2.36. The topological polar surface area (TPSA) is 51.5 Å². The van der Waals surface area contributed by atoms with E-state index in [4.69, 9.17) is 14.5 Å². The quantitative estimate of drug-likeness (QED) is 0.934. The molecule has 3 aliphatic rings. The fourth-order valence-corrected chi connectivity index (χ4v) is 3.64. The molecule has 1 saturated heterocycles. The summed E-state index contributed by atoms with van der Waals surface area (Å²) < 4.78 is 13.9. The van der Waals surface area contributed by atoms with Crippen molar-refractivity contribution in [1.82, 2.24) is 9.55 Å². The number of anilines is 2. The largest absolute Gasteiger partial charge is 0.491 e. The molecule has 24 heavy (non-hydrogen) atoms. The van der Waals surface area contributed by atoms with Crippen molar-refractivity contribution in [1.29, 1.82) is 0 Å². The minimum absolute atomic E-state index is 0.769. The molecule has 6 nitrogen and oxygen atoms in total. The normalized spacial score (nSPS) is 20.8. The van der Waals surface area contributed by atoms with Crippen LogP contribution < -0.4 is 15.0 Å². The van der Waals surface area contributed by atoms with Crippen LogP contribution in [0.2, 0.25) is 0 Å². The number of nitrogens with one attached hydrogen (secondary N) is 1. The first-order valence-electron chi connectivity index (χ1n) is 9.12. The monoisotopic (exact) mass is 328 g/mol. The van der Waals surface area contributed by atoms with Crippen LogP contribution in [0.25, 0.3) is 11.0 Å². The molecule has 1 N–H and O–H groups in total. The molecule has 0 spiro atoms. The molecule has 1 aliphatic carbocycles. The van der Waals surface area contributed by atoms with E-state index in [1.54, 1.807) is 0 Å². The molecule has 0 amide bonds. The predicted molar refractivity (Wildman–Crippen MR) is 94.1 cm³/mol. The molecule has 2 fully saturated rings. The van der Waals surface area contributed by atoms with Crippen LogP contribution in [0.15, 0.2) is 12.1 Å². The molecule has 0 radical (unpaired) electrons. The second-order valence-corrected chi connectivity index (χ2v) is 7.03. The minimum atomic E-state index is 0.769. The number of morpholine rings is 1. The van der Waals surface area contributed by atoms with E-state index in [0.29, 0.717) is 0 Å². The van der Waals surface area contributed by atoms with Gasteiger partial charge in [-0.3, -0.25) is 0 Å². The van der Waals surface area contributed by atoms with Crippen LogP contribution in [-0.2, 0) is 11.3 Å². The van der Waals surface area contributed by atoms with Gasteiger partial charge in [0.2, 0.25) is 5.95 Å². The molecule has 3 heterocycles. The molecule has 128 valence electrons. The van der Waals surface area contributed by atoms with E-state index in [1.165, 1.54) is 12.8 Å². The van der Waals surface area contributed by atoms with Gasteiger partial charge in [-0.2, -0.15) is 0 Å². The van der Waals surface area contributed by atoms with Crippen molar-refractivity contribution in [2.45, 2.75) is 25.8 Å². The van der Waals surface area contributed by atoms with E-state index in [-0.39, 0.29) is 0 Å². The average molecular weight is 328 g/mol. The van der Waals surface area contributed by atoms with Gasteiger partial charge in [0, 0.05) is 37.9 Å². The van der Waals surface area contributed by atoms with Crippen LogP contribution in [0.5, 0.6) is 5.75 Å². The summed E-state index contributed by atoms with van der Waals surface area (Å²) in [6, 6.07) is 4.33. The highest BCUT2D eigenvalue weighted by Gasteiger charge is 2.24. The van der Waals surface area contributed by atoms with E-state index in [0.717, 1.165) is 86.8 Å². The fourth-order valence-electron chi connectivity index (χ4n) is 3.64. The van der Waals surface area contributed by atoms with Crippen molar-refractivity contribution >= 4 is 22.7 Å². The third-order valence-corrected chi connectivity index (χ3v) is 5.16. The summed E-state index contributed by atoms with van der Waals surface area (Å²) in [7, 11) is 0. The van der Waals surface area contributed by atoms with Gasteiger partial charge in [-0.25, -0.2) is 4.98 Å². The second kappa shape index (κ2) is 5.84. The van der Waals surface area contributed by atoms with E-state index in [2.05, 4.69) is 26.9 Å². The van der Waals surface area contributed by atoms with Crippen LogP contribution in [-0.4, -0.2) is 49.0 Å². The third-order valence-electron chi connectivity index (χ3n) is 5.16. The molecule has 1 aromatic carbocycles. The zero-order chi connectivity index (χ0) is 15.9. The lowest BCUT2D eigenvalue weighted by Crippen LogP contribution is -2.38. The van der Waals surface area contributed by atoms with Crippen molar-refractivity contribution in [2.24, 2.45) is 5.92 Å². The van der Waals surface area contributed by atoms with Gasteiger partial charge >= 0.3 is 0 Å². The maximum atomic E-state index is 6.04. The summed E-state index contributed by atoms with van der Waals surface area (Å²) >= 11 is 0. The standard InChI is InChI=1S/C18H24N4O2/c1-4-22-17-15(20-18(22)21-5-8-23-9-6-21)10-14(11-16(17)24-7-1)19-12-13-2-3-13/h10-11,13,19H,1-9,12H2. The Morgan fingerprint density at radius 2 is 2.00 bits per heavy atom. The predicted octanol–water partition coefficient (Wildman–Crippen LogP) is 2.48. The lowest BCUT2D eigenvalue weighted by atomic mass is 10.2. The number of hydrogen-bond acceptors (Lipinski definition) is 5. The van der Waals surface area contributed by atoms with Crippen molar-refractivity contribution in [3.05, 3.63) is 12.1 Å². The van der Waals surface area contributed by atoms with E-state index < -0.39 is 0 Å². The Morgan fingerprint density at radius 1 is 1.12 bits per heavy atom. The van der Waals surface area contributed by atoms with Gasteiger partial charge in [-0.05, 0) is 31.2 Å². The molecule has 5 rings (SSSR count). The van der Waals surface area contributed by atoms with E-state index in [9.17, 15) is 0 Å². The van der Waals surface area contributed by atoms with Crippen molar-refractivity contribution < 1.29 is 9.47 Å². The Morgan fingerprint density at radius 3 is 2.83 bits per heavy atom. The van der Waals surface area contributed by atoms with E-state index >= 15 is 0 Å². The van der Waals surface area contributed by atoms with Crippen LogP contribution >= 0.6 is 0 Å². The number of rotatable bonds is 4. The van der Waals surface area contributed by atoms with Crippen molar-refractivity contribution in [3.63, 3.8) is 0 Å². The zero-order valence-corrected chi connectivity index (χ0v) is 14.0. The van der Waals surface area contributed by atoms with Crippen LogP contribution in [0, 0.1) is 5.92 Å². The Labute approximate surface area is 141 Å². The van der Waals surface area contributed by atoms with E-state index in [1.807, 2.05) is 0 Å². The molecule has 0 atom stereocenters. The maximum absolute atomic E-state index is 6.04. The number of benzene rings is 1. The smallest absolute Gasteiger partial charge is 0.206 e. The molecule has 0 unspecified atom stereocenters. The number of imidazole rings is 1. The van der Waals surface area contributed by atoms with Gasteiger partial charge in [-0.15, -0.1) is 0 Å². The third kappa shape index (κ3) is 2.59. The maximum Gasteiger partial charge on any atom is 0.206 e. The zero-order valence-electron chi connectivity index (χ0n) is 14.0. The van der Waals surface area contributed by atoms with Crippen molar-refractivity contribution in [2.75, 3.05) is 49.7 Å². The first kappa shape index (κ1) is 14.4. The molecule has 2 aromatic rings. The lowest BCUT2D eigenvalue weighted by Gasteiger charge is -2.28. The number of hydrogen-bond donors (Lipinski definition) is 1. The van der Waals surface area contributed by atoms with Gasteiger partial charge in [0.25, 0.3) is 0 Å². The van der Waals surface area contributed by atoms with Crippen LogP contribution in [0.1, 0.15) is 19.3 Å². The Kier molecular flexibility index (Phi) is 3.51. The summed E-state index contributed by atoms with van der Waals surface area (Å²) in [5, 5.41) is 3.56. The highest BCUT2D eigenvalue weighted by molar-refractivity contribution is 5.88. The SMILES string of the molecule is c1c(NCC2CC2)cc2nc(N3CCOCC3)n3c2c1OCCC3. The number of aromatic nitrogens is 2. The van der Waals surface area contributed by atoms with Gasteiger partial charge in [0.1, 0.15) is 11.3 Å². The molecule has 1 aromatic heterocycles. The van der Waals surface area contributed by atoms with Gasteiger partial charge in [-0.1, -0.05) is 0 Å². The molecule has 6 heteroatoms. The molecular formula is C18H24N4O2. The van der Waals surface area contributed by atoms with Gasteiger partial charge in [0.15, 0.2) is 0 Å². The van der Waals surface area contributed by atoms with Crippen molar-refractivity contribution in [3.8, 4) is 5.75 Å². The number of ether oxygens (including phenoxy) is 2. The summed E-state index contributed by atoms with van der Waals surface area (Å²) in [4.78, 5) is 7.31. The Hall–Kier alpha value is -1.95. The first-order chi connectivity index (χ1) is 11.9. The molecule has 2 aliphatic heterocycles. The number of aryl methyl sites for hydroxylation is 1. The average Bonchev–Trinajstić information content (AvgIpc) is 3.40. The fraction of sp³-hybridized carbons (Fsp3) is 0.611. The minimum Gasteiger partial charge on any atom is -0.491 e. The Balaban J connectivity index is 1.55. The molecule has 1 saturated carbocycles. The summed E-state index contributed by atoms with van der Waals surface area (Å²) in [6.45, 7) is 6.17. The molecular weight excluding hydrogens is 304 g/mol. The lowest BCUT2D eigenvalue weighted by molar-refractivity contribution is 0.121. The first-order valence-corrected chi connectivity index (χ1v) is 9.12. The van der Waals surface area contributed by atoms with Crippen LogP contribution in [0.4, 0.5) is 11.6 Å². The number of nitrogens with zero attached hydrogens (tertiary/aromatic N) is 3. The molecule has 0 bridgehead atoms. The highest BCUT2D eigenvalue weighted by atomic mass is 16.5.